The molecule has 0 heterocycles. The van der Waals surface area contributed by atoms with E-state index in [1.807, 2.05) is 0 Å². The maximum atomic E-state index is 2.48. The smallest absolute Gasteiger partial charge is 0.0350 e. The SMILES string of the molecule is CC1(C)CCC2C3CCC(C3)C2C1. The lowest BCUT2D eigenvalue weighted by Crippen LogP contribution is -2.33. The molecule has 0 saturated heterocycles. The molecule has 0 aromatic rings. The zero-order chi connectivity index (χ0) is 9.05. The first-order valence-electron chi connectivity index (χ1n) is 6.16. The van der Waals surface area contributed by atoms with Gasteiger partial charge in [0.2, 0.25) is 0 Å². The van der Waals surface area contributed by atoms with Gasteiger partial charge in [-0.2, -0.15) is 0 Å². The summed E-state index contributed by atoms with van der Waals surface area (Å²) in [5.74, 6) is 4.61. The Balaban J connectivity index is 1.81. The molecule has 3 rings (SSSR count). The summed E-state index contributed by atoms with van der Waals surface area (Å²) in [7, 11) is 0. The van der Waals surface area contributed by atoms with Gasteiger partial charge in [-0.3, -0.25) is 0 Å². The molecule has 0 amide bonds. The molecule has 4 atom stereocenters. The Morgan fingerprint density at radius 3 is 2.38 bits per heavy atom. The van der Waals surface area contributed by atoms with Crippen LogP contribution in [0.15, 0.2) is 0 Å². The van der Waals surface area contributed by atoms with Crippen molar-refractivity contribution in [2.45, 2.75) is 52.4 Å². The van der Waals surface area contributed by atoms with Crippen LogP contribution in [0.25, 0.3) is 0 Å². The highest BCUT2D eigenvalue weighted by molar-refractivity contribution is 5.00. The molecule has 0 radical (unpaired) electrons. The Bertz CT molecular complexity index is 216. The average molecular weight is 178 g/mol. The molecule has 3 fully saturated rings. The first-order valence-corrected chi connectivity index (χ1v) is 6.16. The molecule has 3 aliphatic rings. The fourth-order valence-electron chi connectivity index (χ4n) is 4.59. The lowest BCUT2D eigenvalue weighted by atomic mass is 9.63. The fourth-order valence-corrected chi connectivity index (χ4v) is 4.59. The van der Waals surface area contributed by atoms with E-state index in [2.05, 4.69) is 13.8 Å². The minimum Gasteiger partial charge on any atom is -0.0599 e. The van der Waals surface area contributed by atoms with Crippen LogP contribution in [-0.4, -0.2) is 0 Å². The van der Waals surface area contributed by atoms with Gasteiger partial charge in [-0.15, -0.1) is 0 Å². The first-order chi connectivity index (χ1) is 6.16. The van der Waals surface area contributed by atoms with Gasteiger partial charge in [0, 0.05) is 0 Å². The molecule has 3 saturated carbocycles. The minimum absolute atomic E-state index is 0.672. The van der Waals surface area contributed by atoms with Crippen LogP contribution in [0, 0.1) is 29.1 Å². The topological polar surface area (TPSA) is 0 Å². The molecular weight excluding hydrogens is 156 g/mol. The molecule has 0 aromatic carbocycles. The summed E-state index contributed by atoms with van der Waals surface area (Å²) >= 11 is 0. The van der Waals surface area contributed by atoms with Crippen LogP contribution in [0.5, 0.6) is 0 Å². The molecule has 0 aromatic heterocycles. The standard InChI is InChI=1S/C13H22/c1-13(2)6-5-11-9-3-4-10(7-9)12(11)8-13/h9-12H,3-8H2,1-2H3. The van der Waals surface area contributed by atoms with E-state index in [1.54, 1.807) is 32.1 Å². The molecule has 74 valence electrons. The van der Waals surface area contributed by atoms with E-state index in [9.17, 15) is 0 Å². The van der Waals surface area contributed by atoms with Crippen LogP contribution < -0.4 is 0 Å². The van der Waals surface area contributed by atoms with Crippen molar-refractivity contribution in [3.8, 4) is 0 Å². The van der Waals surface area contributed by atoms with E-state index < -0.39 is 0 Å². The van der Waals surface area contributed by atoms with E-state index in [0.717, 1.165) is 23.7 Å². The van der Waals surface area contributed by atoms with Crippen molar-refractivity contribution in [3.05, 3.63) is 0 Å². The van der Waals surface area contributed by atoms with Crippen LogP contribution in [0.1, 0.15) is 52.4 Å². The van der Waals surface area contributed by atoms with Crippen LogP contribution in [0.2, 0.25) is 0 Å². The summed E-state index contributed by atoms with van der Waals surface area (Å²) in [6.07, 6.45) is 9.34. The second kappa shape index (κ2) is 2.52. The van der Waals surface area contributed by atoms with Crippen molar-refractivity contribution in [1.82, 2.24) is 0 Å². The first kappa shape index (κ1) is 8.32. The van der Waals surface area contributed by atoms with E-state index in [4.69, 9.17) is 0 Å². The highest BCUT2D eigenvalue weighted by Gasteiger charge is 2.50. The molecule has 0 heteroatoms. The third-order valence-electron chi connectivity index (χ3n) is 5.22. The van der Waals surface area contributed by atoms with Crippen molar-refractivity contribution < 1.29 is 0 Å². The number of hydrogen-bond donors (Lipinski definition) is 0. The second-order valence-electron chi connectivity index (χ2n) is 6.57. The third kappa shape index (κ3) is 1.17. The van der Waals surface area contributed by atoms with Gasteiger partial charge in [0.25, 0.3) is 0 Å². The Morgan fingerprint density at radius 1 is 0.923 bits per heavy atom. The Kier molecular flexibility index (Phi) is 1.61. The molecule has 0 spiro atoms. The summed E-state index contributed by atoms with van der Waals surface area (Å²) in [6.45, 7) is 4.96. The molecular formula is C13H22. The van der Waals surface area contributed by atoms with E-state index in [1.165, 1.54) is 6.42 Å². The monoisotopic (exact) mass is 178 g/mol. The average Bonchev–Trinajstić information content (AvgIpc) is 2.61. The van der Waals surface area contributed by atoms with Crippen LogP contribution in [0.4, 0.5) is 0 Å². The van der Waals surface area contributed by atoms with E-state index in [-0.39, 0.29) is 0 Å². The molecule has 13 heavy (non-hydrogen) atoms. The predicted octanol–water partition coefficient (Wildman–Crippen LogP) is 3.86. The Labute approximate surface area is 82.1 Å². The maximum Gasteiger partial charge on any atom is -0.0350 e. The summed E-state index contributed by atoms with van der Waals surface area (Å²) < 4.78 is 0. The maximum absolute atomic E-state index is 2.48. The highest BCUT2D eigenvalue weighted by atomic mass is 14.6. The largest absolute Gasteiger partial charge is 0.0599 e. The lowest BCUT2D eigenvalue weighted by molar-refractivity contribution is 0.0751. The lowest BCUT2D eigenvalue weighted by Gasteiger charge is -2.43. The van der Waals surface area contributed by atoms with Gasteiger partial charge in [0.05, 0.1) is 0 Å². The van der Waals surface area contributed by atoms with Crippen LogP contribution in [-0.2, 0) is 0 Å². The molecule has 2 bridgehead atoms. The second-order valence-corrected chi connectivity index (χ2v) is 6.57. The third-order valence-corrected chi connectivity index (χ3v) is 5.22. The summed E-state index contributed by atoms with van der Waals surface area (Å²) in [6, 6.07) is 0. The number of hydrogen-bond acceptors (Lipinski definition) is 0. The minimum atomic E-state index is 0.672. The van der Waals surface area contributed by atoms with E-state index in [0.29, 0.717) is 5.41 Å². The van der Waals surface area contributed by atoms with Gasteiger partial charge < -0.3 is 0 Å². The van der Waals surface area contributed by atoms with Gasteiger partial charge in [0.15, 0.2) is 0 Å². The van der Waals surface area contributed by atoms with Crippen molar-refractivity contribution >= 4 is 0 Å². The Hall–Kier alpha value is 0. The summed E-state index contributed by atoms with van der Waals surface area (Å²) in [5, 5.41) is 0. The molecule has 3 aliphatic carbocycles. The van der Waals surface area contributed by atoms with Crippen molar-refractivity contribution in [2.24, 2.45) is 29.1 Å². The van der Waals surface area contributed by atoms with Gasteiger partial charge in [-0.25, -0.2) is 0 Å². The van der Waals surface area contributed by atoms with Crippen molar-refractivity contribution in [3.63, 3.8) is 0 Å². The van der Waals surface area contributed by atoms with Crippen LogP contribution >= 0.6 is 0 Å². The van der Waals surface area contributed by atoms with Crippen LogP contribution in [0.3, 0.4) is 0 Å². The predicted molar refractivity (Wildman–Crippen MR) is 55.4 cm³/mol. The molecule has 0 aliphatic heterocycles. The zero-order valence-corrected chi connectivity index (χ0v) is 9.05. The summed E-state index contributed by atoms with van der Waals surface area (Å²) in [4.78, 5) is 0. The van der Waals surface area contributed by atoms with Gasteiger partial charge >= 0.3 is 0 Å². The normalized spacial score (nSPS) is 52.2. The van der Waals surface area contributed by atoms with Gasteiger partial charge in [0.1, 0.15) is 0 Å². The highest BCUT2D eigenvalue weighted by Crippen LogP contribution is 2.60. The van der Waals surface area contributed by atoms with Gasteiger partial charge in [-0.05, 0) is 67.6 Å². The quantitative estimate of drug-likeness (QED) is 0.528. The molecule has 0 N–H and O–H groups in total. The number of rotatable bonds is 0. The van der Waals surface area contributed by atoms with Crippen molar-refractivity contribution in [2.75, 3.05) is 0 Å². The molecule has 4 unspecified atom stereocenters. The zero-order valence-electron chi connectivity index (χ0n) is 9.05. The van der Waals surface area contributed by atoms with E-state index >= 15 is 0 Å². The van der Waals surface area contributed by atoms with Gasteiger partial charge in [-0.1, -0.05) is 13.8 Å². The number of fused-ring (bicyclic) bond motifs is 5. The van der Waals surface area contributed by atoms with Crippen molar-refractivity contribution in [1.29, 1.82) is 0 Å². The molecule has 0 nitrogen and oxygen atoms in total. The summed E-state index contributed by atoms with van der Waals surface area (Å²) in [5.41, 5.74) is 0.672. The Morgan fingerprint density at radius 2 is 1.62 bits per heavy atom. The fraction of sp³-hybridized carbons (Fsp3) is 1.00.